The summed E-state index contributed by atoms with van der Waals surface area (Å²) < 4.78 is 11.6. The zero-order chi connectivity index (χ0) is 27.0. The number of ketones is 1. The molecule has 1 fully saturated rings. The number of unbranched alkanes of at least 4 members (excludes halogenated alkanes) is 7. The molecule has 1 aromatic rings. The molecule has 0 aromatic heterocycles. The van der Waals surface area contributed by atoms with Gasteiger partial charge in [-0.2, -0.15) is 0 Å². The molecule has 2 aliphatic rings. The molecular formula is C28H38BrNO7. The second kappa shape index (κ2) is 13.6. The van der Waals surface area contributed by atoms with Crippen LogP contribution in [0.2, 0.25) is 0 Å². The van der Waals surface area contributed by atoms with Crippen LogP contribution >= 0.6 is 15.9 Å². The van der Waals surface area contributed by atoms with E-state index in [0.717, 1.165) is 55.4 Å². The molecule has 2 heterocycles. The lowest BCUT2D eigenvalue weighted by Gasteiger charge is -2.37. The number of carbonyl (C=O) groups excluding carboxylic acids is 3. The first kappa shape index (κ1) is 29.5. The SMILES string of the molecule is C[C@H](C(=O)N1C(=O)O[C@H](c2ccccc2)[C@@H]1C)[C@H]1O[C@](O)(CCCCCCCCCCO)C(Br)=CC1=O. The standard InChI is InChI=1S/C28H38BrNO7/c1-19(26(33)30-20(2)25(36-27(30)34)21-14-10-9-11-15-21)24-22(32)18-23(29)28(35,37-24)16-12-7-5-3-4-6-8-13-17-31/h9-11,14-15,18-20,24-25,31,35H,3-8,12-13,16-17H2,1-2H3/t19-,20-,24+,25-,28+/m0/s1. The lowest BCUT2D eigenvalue weighted by atomic mass is 9.93. The summed E-state index contributed by atoms with van der Waals surface area (Å²) in [5.74, 6) is -3.73. The summed E-state index contributed by atoms with van der Waals surface area (Å²) in [7, 11) is 0. The van der Waals surface area contributed by atoms with E-state index in [4.69, 9.17) is 14.6 Å². The molecule has 2 aliphatic heterocycles. The molecule has 0 spiro atoms. The lowest BCUT2D eigenvalue weighted by Crippen LogP contribution is -2.51. The van der Waals surface area contributed by atoms with Crippen molar-refractivity contribution in [3.8, 4) is 0 Å². The molecule has 0 aliphatic carbocycles. The van der Waals surface area contributed by atoms with Gasteiger partial charge in [0.2, 0.25) is 5.91 Å². The fraction of sp³-hybridized carbons (Fsp3) is 0.607. The van der Waals surface area contributed by atoms with Crippen LogP contribution < -0.4 is 0 Å². The van der Waals surface area contributed by atoms with Gasteiger partial charge in [-0.3, -0.25) is 9.59 Å². The number of imide groups is 1. The number of benzene rings is 1. The monoisotopic (exact) mass is 579 g/mol. The second-order valence-corrected chi connectivity index (χ2v) is 10.8. The van der Waals surface area contributed by atoms with Crippen molar-refractivity contribution in [3.05, 3.63) is 46.5 Å². The van der Waals surface area contributed by atoms with Crippen LogP contribution in [0.5, 0.6) is 0 Å². The van der Waals surface area contributed by atoms with Crippen molar-refractivity contribution >= 4 is 33.7 Å². The molecule has 2 amide bonds. The molecule has 3 rings (SSSR count). The van der Waals surface area contributed by atoms with Crippen molar-refractivity contribution in [3.63, 3.8) is 0 Å². The molecule has 0 unspecified atom stereocenters. The molecule has 9 heteroatoms. The maximum atomic E-state index is 13.4. The minimum atomic E-state index is -1.71. The van der Waals surface area contributed by atoms with Gasteiger partial charge in [0.25, 0.3) is 0 Å². The summed E-state index contributed by atoms with van der Waals surface area (Å²) in [5, 5.41) is 20.0. The first-order valence-electron chi connectivity index (χ1n) is 13.2. The van der Waals surface area contributed by atoms with Crippen molar-refractivity contribution < 1.29 is 34.1 Å². The van der Waals surface area contributed by atoms with Crippen LogP contribution in [-0.4, -0.2) is 57.4 Å². The van der Waals surface area contributed by atoms with Crippen LogP contribution in [0.1, 0.15) is 83.3 Å². The Bertz CT molecular complexity index is 969. The Balaban J connectivity index is 1.57. The Hall–Kier alpha value is -2.07. The van der Waals surface area contributed by atoms with E-state index in [1.165, 1.54) is 13.0 Å². The van der Waals surface area contributed by atoms with Gasteiger partial charge in [-0.1, -0.05) is 75.8 Å². The number of rotatable bonds is 13. The zero-order valence-corrected chi connectivity index (χ0v) is 23.2. The van der Waals surface area contributed by atoms with Gasteiger partial charge in [-0.15, -0.1) is 0 Å². The molecule has 0 saturated carbocycles. The molecule has 5 atom stereocenters. The highest BCUT2D eigenvalue weighted by atomic mass is 79.9. The highest BCUT2D eigenvalue weighted by molar-refractivity contribution is 9.11. The van der Waals surface area contributed by atoms with E-state index >= 15 is 0 Å². The Morgan fingerprint density at radius 2 is 1.65 bits per heavy atom. The summed E-state index contributed by atoms with van der Waals surface area (Å²) in [6.07, 6.45) is 6.76. The molecule has 1 aromatic carbocycles. The molecule has 2 N–H and O–H groups in total. The normalized spacial score (nSPS) is 26.7. The third-order valence-electron chi connectivity index (χ3n) is 7.15. The fourth-order valence-corrected chi connectivity index (χ4v) is 5.42. The second-order valence-electron chi connectivity index (χ2n) is 9.97. The first-order valence-corrected chi connectivity index (χ1v) is 14.0. The predicted molar refractivity (Wildman–Crippen MR) is 142 cm³/mol. The summed E-state index contributed by atoms with van der Waals surface area (Å²) in [6.45, 7) is 3.51. The van der Waals surface area contributed by atoms with E-state index in [-0.39, 0.29) is 17.5 Å². The van der Waals surface area contributed by atoms with E-state index in [1.54, 1.807) is 6.92 Å². The number of aliphatic hydroxyl groups excluding tert-OH is 1. The van der Waals surface area contributed by atoms with Crippen LogP contribution in [0, 0.1) is 5.92 Å². The summed E-state index contributed by atoms with van der Waals surface area (Å²) in [6, 6.07) is 8.63. The van der Waals surface area contributed by atoms with Gasteiger partial charge in [0, 0.05) is 13.0 Å². The molecule has 1 saturated heterocycles. The van der Waals surface area contributed by atoms with Crippen LogP contribution in [-0.2, 0) is 19.1 Å². The van der Waals surface area contributed by atoms with Crippen LogP contribution in [0.4, 0.5) is 4.79 Å². The van der Waals surface area contributed by atoms with E-state index in [9.17, 15) is 19.5 Å². The van der Waals surface area contributed by atoms with E-state index in [0.29, 0.717) is 6.42 Å². The molecule has 0 bridgehead atoms. The van der Waals surface area contributed by atoms with E-state index < -0.39 is 47.7 Å². The van der Waals surface area contributed by atoms with Gasteiger partial charge in [0.1, 0.15) is 12.2 Å². The van der Waals surface area contributed by atoms with Crippen LogP contribution in [0.3, 0.4) is 0 Å². The number of carbonyl (C=O) groups is 3. The van der Waals surface area contributed by atoms with Gasteiger partial charge < -0.3 is 19.7 Å². The maximum Gasteiger partial charge on any atom is 0.417 e. The van der Waals surface area contributed by atoms with E-state index in [2.05, 4.69) is 15.9 Å². The average molecular weight is 581 g/mol. The Labute approximate surface area is 227 Å². The van der Waals surface area contributed by atoms with Crippen LogP contribution in [0.15, 0.2) is 40.9 Å². The number of hydrogen-bond donors (Lipinski definition) is 2. The molecule has 0 radical (unpaired) electrons. The highest BCUT2D eigenvalue weighted by Crippen LogP contribution is 2.38. The third kappa shape index (κ3) is 7.28. The van der Waals surface area contributed by atoms with Gasteiger partial charge in [0.05, 0.1) is 16.4 Å². The fourth-order valence-electron chi connectivity index (χ4n) is 4.90. The Morgan fingerprint density at radius 3 is 2.27 bits per heavy atom. The largest absolute Gasteiger partial charge is 0.439 e. The molecule has 8 nitrogen and oxygen atoms in total. The van der Waals surface area contributed by atoms with Crippen molar-refractivity contribution in [2.75, 3.05) is 6.61 Å². The number of hydrogen-bond acceptors (Lipinski definition) is 7. The number of nitrogens with zero attached hydrogens (tertiary/aromatic N) is 1. The summed E-state index contributed by atoms with van der Waals surface area (Å²) >= 11 is 3.28. The minimum absolute atomic E-state index is 0.239. The molecule has 37 heavy (non-hydrogen) atoms. The number of halogens is 1. The van der Waals surface area contributed by atoms with Gasteiger partial charge in [-0.05, 0) is 47.3 Å². The zero-order valence-electron chi connectivity index (χ0n) is 21.6. The minimum Gasteiger partial charge on any atom is -0.439 e. The van der Waals surface area contributed by atoms with Crippen molar-refractivity contribution in [1.29, 1.82) is 0 Å². The van der Waals surface area contributed by atoms with Gasteiger partial charge in [0.15, 0.2) is 11.6 Å². The quantitative estimate of drug-likeness (QED) is 0.310. The maximum absolute atomic E-state index is 13.4. The van der Waals surface area contributed by atoms with Crippen LogP contribution in [0.25, 0.3) is 0 Å². The smallest absolute Gasteiger partial charge is 0.417 e. The number of aliphatic hydroxyl groups is 2. The topological polar surface area (TPSA) is 113 Å². The third-order valence-corrected chi connectivity index (χ3v) is 8.00. The van der Waals surface area contributed by atoms with Crippen molar-refractivity contribution in [1.82, 2.24) is 4.90 Å². The average Bonchev–Trinajstić information content (AvgIpc) is 3.18. The van der Waals surface area contributed by atoms with Gasteiger partial charge >= 0.3 is 6.09 Å². The first-order chi connectivity index (χ1) is 17.7. The number of amides is 2. The summed E-state index contributed by atoms with van der Waals surface area (Å²) in [4.78, 5) is 39.8. The van der Waals surface area contributed by atoms with Crippen molar-refractivity contribution in [2.24, 2.45) is 5.92 Å². The van der Waals surface area contributed by atoms with E-state index in [1.807, 2.05) is 30.3 Å². The Morgan fingerprint density at radius 1 is 1.05 bits per heavy atom. The number of ether oxygens (including phenoxy) is 2. The highest BCUT2D eigenvalue weighted by Gasteiger charge is 2.49. The molecular weight excluding hydrogens is 542 g/mol. The Kier molecular flexibility index (Phi) is 10.9. The van der Waals surface area contributed by atoms with Gasteiger partial charge in [-0.25, -0.2) is 9.69 Å². The molecule has 204 valence electrons. The number of cyclic esters (lactones) is 1. The van der Waals surface area contributed by atoms with Crippen molar-refractivity contribution in [2.45, 2.75) is 95.7 Å². The lowest BCUT2D eigenvalue weighted by molar-refractivity contribution is -0.217. The predicted octanol–water partition coefficient (Wildman–Crippen LogP) is 5.17. The summed E-state index contributed by atoms with van der Waals surface area (Å²) in [5.41, 5.74) is 0.780.